The topological polar surface area (TPSA) is 50.2 Å². The van der Waals surface area contributed by atoms with Gasteiger partial charge >= 0.3 is 0 Å². The van der Waals surface area contributed by atoms with Crippen molar-refractivity contribution in [3.63, 3.8) is 0 Å². The highest BCUT2D eigenvalue weighted by molar-refractivity contribution is 7.18. The molecule has 1 aliphatic heterocycles. The Morgan fingerprint density at radius 2 is 2.14 bits per heavy atom. The number of hydrogen-bond donors (Lipinski definition) is 2. The molecule has 0 bridgehead atoms. The van der Waals surface area contributed by atoms with Crippen molar-refractivity contribution in [1.29, 1.82) is 0 Å². The molecule has 5 heteroatoms. The first-order valence-electron chi connectivity index (χ1n) is 7.84. The van der Waals surface area contributed by atoms with Crippen molar-refractivity contribution in [3.8, 4) is 0 Å². The van der Waals surface area contributed by atoms with Crippen LogP contribution in [0.4, 0.5) is 0 Å². The van der Waals surface area contributed by atoms with Crippen LogP contribution >= 0.6 is 11.3 Å². The van der Waals surface area contributed by atoms with E-state index in [-0.39, 0.29) is 11.6 Å². The lowest BCUT2D eigenvalue weighted by atomic mass is 10.0. The van der Waals surface area contributed by atoms with E-state index in [1.54, 1.807) is 16.2 Å². The summed E-state index contributed by atoms with van der Waals surface area (Å²) >= 11 is 1.63. The van der Waals surface area contributed by atoms with Crippen molar-refractivity contribution in [3.05, 3.63) is 26.6 Å². The van der Waals surface area contributed by atoms with E-state index in [9.17, 15) is 4.79 Å². The Morgan fingerprint density at radius 3 is 2.86 bits per heavy atom. The van der Waals surface area contributed by atoms with Gasteiger partial charge in [-0.2, -0.15) is 0 Å². The number of hydrogen-bond acceptors (Lipinski definition) is 3. The van der Waals surface area contributed by atoms with Gasteiger partial charge in [0.1, 0.15) is 10.9 Å². The zero-order valence-electron chi connectivity index (χ0n) is 13.2. The second-order valence-electron chi connectivity index (χ2n) is 6.36. The third kappa shape index (κ3) is 2.53. The number of fused-ring (bicyclic) bond motifs is 1. The monoisotopic (exact) mass is 306 g/mol. The van der Waals surface area contributed by atoms with Crippen LogP contribution in [-0.2, 0) is 0 Å². The first kappa shape index (κ1) is 14.7. The molecule has 0 saturated carbocycles. The second kappa shape index (κ2) is 5.54. The maximum atomic E-state index is 12.4. The summed E-state index contributed by atoms with van der Waals surface area (Å²) < 4.78 is 0. The zero-order valence-corrected chi connectivity index (χ0v) is 14.1. The molecule has 21 heavy (non-hydrogen) atoms. The molecule has 114 valence electrons. The van der Waals surface area contributed by atoms with Crippen LogP contribution in [0, 0.1) is 13.8 Å². The molecule has 3 heterocycles. The molecule has 2 aromatic heterocycles. The fourth-order valence-corrected chi connectivity index (χ4v) is 4.54. The third-order valence-electron chi connectivity index (χ3n) is 5.01. The Balaban J connectivity index is 2.02. The number of nitrogens with zero attached hydrogens (tertiary/aromatic N) is 1. The lowest BCUT2D eigenvalue weighted by molar-refractivity contribution is -0.957. The summed E-state index contributed by atoms with van der Waals surface area (Å²) in [4.78, 5) is 23.8. The number of likely N-dealkylation sites (tertiary alicyclic amines) is 1. The van der Waals surface area contributed by atoms with Gasteiger partial charge in [0, 0.05) is 4.88 Å². The van der Waals surface area contributed by atoms with Crippen molar-refractivity contribution >= 4 is 21.6 Å². The Morgan fingerprint density at radius 1 is 1.38 bits per heavy atom. The van der Waals surface area contributed by atoms with Gasteiger partial charge in [0.05, 0.1) is 18.0 Å². The minimum atomic E-state index is 0.0211. The molecule has 0 aliphatic carbocycles. The molecular weight excluding hydrogens is 282 g/mol. The molecular formula is C16H24N3OS+. The lowest BCUT2D eigenvalue weighted by Gasteiger charge is -2.34. The number of rotatable bonds is 2. The summed E-state index contributed by atoms with van der Waals surface area (Å²) in [6.07, 6.45) is 3.86. The van der Waals surface area contributed by atoms with Gasteiger partial charge in [-0.3, -0.25) is 4.79 Å². The number of piperidine rings is 1. The minimum Gasteiger partial charge on any atom is -0.324 e. The van der Waals surface area contributed by atoms with E-state index in [1.165, 1.54) is 30.7 Å². The van der Waals surface area contributed by atoms with E-state index < -0.39 is 0 Å². The predicted octanol–water partition coefficient (Wildman–Crippen LogP) is 2.12. The molecule has 1 fully saturated rings. The highest BCUT2D eigenvalue weighted by atomic mass is 32.1. The summed E-state index contributed by atoms with van der Waals surface area (Å²) in [5.74, 6) is 0.845. The molecule has 0 spiro atoms. The van der Waals surface area contributed by atoms with Gasteiger partial charge in [0.2, 0.25) is 0 Å². The van der Waals surface area contributed by atoms with Crippen molar-refractivity contribution in [2.24, 2.45) is 0 Å². The highest BCUT2D eigenvalue weighted by Crippen LogP contribution is 2.26. The van der Waals surface area contributed by atoms with Crippen LogP contribution in [0.15, 0.2) is 4.79 Å². The zero-order chi connectivity index (χ0) is 15.1. The minimum absolute atomic E-state index is 0.0211. The number of aromatic nitrogens is 2. The normalized spacial score (nSPS) is 24.4. The molecule has 2 aromatic rings. The summed E-state index contributed by atoms with van der Waals surface area (Å²) in [6.45, 7) is 9.73. The largest absolute Gasteiger partial charge is 0.324 e. The van der Waals surface area contributed by atoms with Crippen LogP contribution in [0.3, 0.4) is 0 Å². The van der Waals surface area contributed by atoms with Gasteiger partial charge < -0.3 is 9.88 Å². The first-order chi connectivity index (χ1) is 9.99. The Labute approximate surface area is 129 Å². The van der Waals surface area contributed by atoms with Gasteiger partial charge in [-0.15, -0.1) is 11.3 Å². The smallest absolute Gasteiger partial charge is 0.260 e. The maximum Gasteiger partial charge on any atom is 0.260 e. The van der Waals surface area contributed by atoms with Crippen LogP contribution in [0.5, 0.6) is 0 Å². The number of thiophene rings is 1. The molecule has 1 saturated heterocycles. The van der Waals surface area contributed by atoms with Crippen LogP contribution in [0.2, 0.25) is 0 Å². The van der Waals surface area contributed by atoms with E-state index in [0.29, 0.717) is 6.04 Å². The van der Waals surface area contributed by atoms with Gasteiger partial charge in [-0.05, 0) is 52.5 Å². The number of nitrogens with one attached hydrogen (secondary N) is 2. The maximum absolute atomic E-state index is 12.4. The van der Waals surface area contributed by atoms with Crippen LogP contribution in [-0.4, -0.2) is 22.6 Å². The van der Waals surface area contributed by atoms with Crippen LogP contribution in [0.1, 0.15) is 55.4 Å². The van der Waals surface area contributed by atoms with Crippen molar-refractivity contribution in [2.45, 2.75) is 59.0 Å². The quantitative estimate of drug-likeness (QED) is 0.893. The third-order valence-corrected chi connectivity index (χ3v) is 6.11. The summed E-state index contributed by atoms with van der Waals surface area (Å²) in [7, 11) is 0. The van der Waals surface area contributed by atoms with Crippen molar-refractivity contribution in [2.75, 3.05) is 6.54 Å². The predicted molar refractivity (Wildman–Crippen MR) is 87.3 cm³/mol. The molecule has 4 nitrogen and oxygen atoms in total. The standard InChI is InChI=1S/C16H23N3OS/c1-9-7-5-6-8-19(9)11(3)14-17-15(20)13-10(2)12(4)21-16(13)18-14/h9,11H,5-8H2,1-4H3,(H,17,18,20)/p+1/t9-,11+/m1/s1. The fourth-order valence-electron chi connectivity index (χ4n) is 3.51. The summed E-state index contributed by atoms with van der Waals surface area (Å²) in [6, 6.07) is 0.890. The number of aromatic amines is 1. The van der Waals surface area contributed by atoms with E-state index >= 15 is 0 Å². The Bertz CT molecular complexity index is 718. The average molecular weight is 306 g/mol. The van der Waals surface area contributed by atoms with E-state index in [2.05, 4.69) is 25.8 Å². The highest BCUT2D eigenvalue weighted by Gasteiger charge is 2.30. The van der Waals surface area contributed by atoms with Gasteiger partial charge in [0.15, 0.2) is 5.82 Å². The van der Waals surface area contributed by atoms with Crippen molar-refractivity contribution in [1.82, 2.24) is 9.97 Å². The molecule has 3 rings (SSSR count). The van der Waals surface area contributed by atoms with Gasteiger partial charge in [-0.1, -0.05) is 0 Å². The van der Waals surface area contributed by atoms with E-state index in [0.717, 1.165) is 21.6 Å². The SMILES string of the molecule is Cc1sc2nc([C@H](C)[NH+]3CCCC[C@H]3C)[nH]c(=O)c2c1C. The molecule has 0 amide bonds. The van der Waals surface area contributed by atoms with Crippen molar-refractivity contribution < 1.29 is 4.90 Å². The van der Waals surface area contributed by atoms with E-state index in [4.69, 9.17) is 4.98 Å². The Hall–Kier alpha value is -1.20. The van der Waals surface area contributed by atoms with E-state index in [1.807, 2.05) is 6.92 Å². The number of aryl methyl sites for hydroxylation is 2. The number of quaternary nitrogens is 1. The Kier molecular flexibility index (Phi) is 3.88. The molecule has 1 aliphatic rings. The number of H-pyrrole nitrogens is 1. The molecule has 0 radical (unpaired) electrons. The lowest BCUT2D eigenvalue weighted by Crippen LogP contribution is -3.16. The van der Waals surface area contributed by atoms with Crippen LogP contribution < -0.4 is 10.5 Å². The molecule has 0 aromatic carbocycles. The summed E-state index contributed by atoms with van der Waals surface area (Å²) in [5, 5.41) is 0.773. The summed E-state index contributed by atoms with van der Waals surface area (Å²) in [5.41, 5.74) is 1.09. The molecule has 3 atom stereocenters. The molecule has 2 N–H and O–H groups in total. The van der Waals surface area contributed by atoms with Gasteiger partial charge in [0.25, 0.3) is 5.56 Å². The fraction of sp³-hybridized carbons (Fsp3) is 0.625. The van der Waals surface area contributed by atoms with Crippen LogP contribution in [0.25, 0.3) is 10.2 Å². The van der Waals surface area contributed by atoms with Gasteiger partial charge in [-0.25, -0.2) is 4.98 Å². The average Bonchev–Trinajstić information content (AvgIpc) is 2.74. The second-order valence-corrected chi connectivity index (χ2v) is 7.56. The first-order valence-corrected chi connectivity index (χ1v) is 8.66. The molecule has 1 unspecified atom stereocenters.